The van der Waals surface area contributed by atoms with Crippen LogP contribution in [0.5, 0.6) is 0 Å². The molecule has 0 aliphatic rings. The molecule has 1 aromatic heterocycles. The van der Waals surface area contributed by atoms with Crippen LogP contribution < -0.4 is 0 Å². The number of benzene rings is 2. The highest BCUT2D eigenvalue weighted by molar-refractivity contribution is 7.90. The second-order valence-corrected chi connectivity index (χ2v) is 9.87. The van der Waals surface area contributed by atoms with E-state index in [-0.39, 0.29) is 5.82 Å². The molecule has 148 valence electrons. The number of hydrogen-bond acceptors (Lipinski definition) is 4. The van der Waals surface area contributed by atoms with E-state index in [2.05, 4.69) is 24.8 Å². The zero-order valence-electron chi connectivity index (χ0n) is 16.3. The van der Waals surface area contributed by atoms with E-state index in [9.17, 15) is 12.8 Å². The van der Waals surface area contributed by atoms with Gasteiger partial charge in [-0.1, -0.05) is 38.1 Å². The Morgan fingerprint density at radius 3 is 2.04 bits per heavy atom. The van der Waals surface area contributed by atoms with Crippen molar-refractivity contribution in [1.82, 2.24) is 4.90 Å². The molecule has 0 aliphatic heterocycles. The average Bonchev–Trinajstić information content (AvgIpc) is 3.10. The standard InChI is InChI=1S/C22H24FNO2S2/c1-4-24(5-2)15-19-14-21(16-8-12-20(13-9-16)28(3,25)26)22(27-19)17-6-10-18(23)11-7-17/h6-14H,4-5,15H2,1-3H3. The second-order valence-electron chi connectivity index (χ2n) is 6.72. The fraction of sp³-hybridized carbons (Fsp3) is 0.273. The Labute approximate surface area is 170 Å². The maximum absolute atomic E-state index is 13.4. The Hall–Kier alpha value is -2.02. The molecular weight excluding hydrogens is 393 g/mol. The summed E-state index contributed by atoms with van der Waals surface area (Å²) in [4.78, 5) is 4.94. The van der Waals surface area contributed by atoms with Gasteiger partial charge in [0.1, 0.15) is 5.82 Å². The molecule has 0 amide bonds. The summed E-state index contributed by atoms with van der Waals surface area (Å²) in [6, 6.07) is 15.6. The van der Waals surface area contributed by atoms with Crippen LogP contribution in [0.3, 0.4) is 0 Å². The van der Waals surface area contributed by atoms with Crippen LogP contribution in [0.2, 0.25) is 0 Å². The Balaban J connectivity index is 2.07. The smallest absolute Gasteiger partial charge is 0.175 e. The van der Waals surface area contributed by atoms with Gasteiger partial charge >= 0.3 is 0 Å². The zero-order chi connectivity index (χ0) is 20.3. The maximum atomic E-state index is 13.4. The van der Waals surface area contributed by atoms with Crippen molar-refractivity contribution in [2.75, 3.05) is 19.3 Å². The van der Waals surface area contributed by atoms with Crippen molar-refractivity contribution in [2.24, 2.45) is 0 Å². The van der Waals surface area contributed by atoms with E-state index >= 15 is 0 Å². The molecule has 1 heterocycles. The third-order valence-corrected chi connectivity index (χ3v) is 7.05. The van der Waals surface area contributed by atoms with Gasteiger partial charge in [-0.25, -0.2) is 12.8 Å². The highest BCUT2D eigenvalue weighted by Crippen LogP contribution is 2.40. The van der Waals surface area contributed by atoms with Crippen LogP contribution in [0, 0.1) is 5.82 Å². The number of halogens is 1. The number of nitrogens with zero attached hydrogens (tertiary/aromatic N) is 1. The third kappa shape index (κ3) is 4.69. The number of thiophene rings is 1. The Morgan fingerprint density at radius 2 is 1.50 bits per heavy atom. The van der Waals surface area contributed by atoms with Gasteiger partial charge < -0.3 is 0 Å². The van der Waals surface area contributed by atoms with Crippen LogP contribution in [0.1, 0.15) is 18.7 Å². The molecule has 3 rings (SSSR count). The first kappa shape index (κ1) is 20.7. The van der Waals surface area contributed by atoms with Crippen molar-refractivity contribution in [3.63, 3.8) is 0 Å². The van der Waals surface area contributed by atoms with Crippen molar-refractivity contribution in [3.05, 3.63) is 65.3 Å². The first-order valence-electron chi connectivity index (χ1n) is 9.23. The van der Waals surface area contributed by atoms with Crippen LogP contribution in [0.15, 0.2) is 59.5 Å². The lowest BCUT2D eigenvalue weighted by molar-refractivity contribution is 0.298. The molecule has 0 fully saturated rings. The molecular formula is C22H24FNO2S2. The summed E-state index contributed by atoms with van der Waals surface area (Å²) < 4.78 is 36.9. The molecule has 0 N–H and O–H groups in total. The zero-order valence-corrected chi connectivity index (χ0v) is 17.9. The summed E-state index contributed by atoms with van der Waals surface area (Å²) in [7, 11) is -3.23. The van der Waals surface area contributed by atoms with Crippen LogP contribution >= 0.6 is 11.3 Å². The number of sulfone groups is 1. The molecule has 0 saturated heterocycles. The van der Waals surface area contributed by atoms with E-state index in [0.29, 0.717) is 4.90 Å². The molecule has 0 bridgehead atoms. The van der Waals surface area contributed by atoms with Crippen LogP contribution in [0.25, 0.3) is 21.6 Å². The monoisotopic (exact) mass is 417 g/mol. The first-order chi connectivity index (χ1) is 13.3. The minimum atomic E-state index is -3.23. The maximum Gasteiger partial charge on any atom is 0.175 e. The number of hydrogen-bond donors (Lipinski definition) is 0. The summed E-state index contributed by atoms with van der Waals surface area (Å²) in [6.45, 7) is 7.08. The lowest BCUT2D eigenvalue weighted by atomic mass is 10.0. The molecule has 3 nitrogen and oxygen atoms in total. The van der Waals surface area contributed by atoms with Gasteiger partial charge in [0.15, 0.2) is 9.84 Å². The van der Waals surface area contributed by atoms with E-state index in [4.69, 9.17) is 0 Å². The van der Waals surface area contributed by atoms with Crippen molar-refractivity contribution in [2.45, 2.75) is 25.3 Å². The lowest BCUT2D eigenvalue weighted by Gasteiger charge is -2.16. The molecule has 0 radical (unpaired) electrons. The molecule has 0 atom stereocenters. The fourth-order valence-electron chi connectivity index (χ4n) is 3.10. The molecule has 0 unspecified atom stereocenters. The summed E-state index contributed by atoms with van der Waals surface area (Å²) in [5.74, 6) is -0.261. The van der Waals surface area contributed by atoms with Crippen molar-refractivity contribution < 1.29 is 12.8 Å². The molecule has 0 saturated carbocycles. The van der Waals surface area contributed by atoms with Gasteiger partial charge in [-0.15, -0.1) is 11.3 Å². The van der Waals surface area contributed by atoms with E-state index < -0.39 is 9.84 Å². The Kier molecular flexibility index (Phi) is 6.33. The van der Waals surface area contributed by atoms with Crippen molar-refractivity contribution in [1.29, 1.82) is 0 Å². The predicted octanol–water partition coefficient (Wildman–Crippen LogP) is 5.47. The van der Waals surface area contributed by atoms with Crippen molar-refractivity contribution in [3.8, 4) is 21.6 Å². The average molecular weight is 418 g/mol. The fourth-order valence-corrected chi connectivity index (χ4v) is 4.96. The van der Waals surface area contributed by atoms with Gasteiger partial charge in [0.2, 0.25) is 0 Å². The first-order valence-corrected chi connectivity index (χ1v) is 11.9. The molecule has 0 spiro atoms. The SMILES string of the molecule is CCN(CC)Cc1cc(-c2ccc(S(C)(=O)=O)cc2)c(-c2ccc(F)cc2)s1. The lowest BCUT2D eigenvalue weighted by Crippen LogP contribution is -2.21. The quantitative estimate of drug-likeness (QED) is 0.512. The molecule has 2 aromatic carbocycles. The van der Waals surface area contributed by atoms with E-state index in [1.54, 1.807) is 35.6 Å². The normalized spacial score (nSPS) is 11.9. The minimum Gasteiger partial charge on any atom is -0.299 e. The van der Waals surface area contributed by atoms with E-state index in [0.717, 1.165) is 41.2 Å². The molecule has 3 aromatic rings. The largest absolute Gasteiger partial charge is 0.299 e. The Morgan fingerprint density at radius 1 is 0.929 bits per heavy atom. The molecule has 28 heavy (non-hydrogen) atoms. The van der Waals surface area contributed by atoms with Gasteiger partial charge in [-0.2, -0.15) is 0 Å². The van der Waals surface area contributed by atoms with Gasteiger partial charge in [-0.3, -0.25) is 4.90 Å². The Bertz CT molecular complexity index is 1040. The summed E-state index contributed by atoms with van der Waals surface area (Å²) in [5.41, 5.74) is 2.95. The summed E-state index contributed by atoms with van der Waals surface area (Å²) in [5, 5.41) is 0. The van der Waals surface area contributed by atoms with Crippen LogP contribution in [-0.4, -0.2) is 32.7 Å². The molecule has 0 aliphatic carbocycles. The van der Waals surface area contributed by atoms with Gasteiger partial charge in [0.25, 0.3) is 0 Å². The molecule has 6 heteroatoms. The van der Waals surface area contributed by atoms with Gasteiger partial charge in [0, 0.05) is 28.1 Å². The summed E-state index contributed by atoms with van der Waals surface area (Å²) >= 11 is 1.70. The van der Waals surface area contributed by atoms with Gasteiger partial charge in [-0.05, 0) is 54.5 Å². The minimum absolute atomic E-state index is 0.261. The topological polar surface area (TPSA) is 37.4 Å². The predicted molar refractivity (Wildman–Crippen MR) is 115 cm³/mol. The second kappa shape index (κ2) is 8.55. The highest BCUT2D eigenvalue weighted by Gasteiger charge is 2.15. The van der Waals surface area contributed by atoms with E-state index in [1.807, 2.05) is 12.1 Å². The third-order valence-electron chi connectivity index (χ3n) is 4.76. The number of rotatable bonds is 7. The van der Waals surface area contributed by atoms with Gasteiger partial charge in [0.05, 0.1) is 4.90 Å². The van der Waals surface area contributed by atoms with E-state index in [1.165, 1.54) is 23.3 Å². The highest BCUT2D eigenvalue weighted by atomic mass is 32.2. The summed E-state index contributed by atoms with van der Waals surface area (Å²) in [6.07, 6.45) is 1.21. The van der Waals surface area contributed by atoms with Crippen molar-refractivity contribution >= 4 is 21.2 Å². The van der Waals surface area contributed by atoms with Crippen LogP contribution in [0.4, 0.5) is 4.39 Å². The van der Waals surface area contributed by atoms with Crippen LogP contribution in [-0.2, 0) is 16.4 Å².